The van der Waals surface area contributed by atoms with Crippen LogP contribution in [0.3, 0.4) is 0 Å². The van der Waals surface area contributed by atoms with Crippen molar-refractivity contribution in [2.75, 3.05) is 7.11 Å². The fourth-order valence-electron chi connectivity index (χ4n) is 1.90. The molecule has 0 aliphatic carbocycles. The number of hydrogen-bond acceptors (Lipinski definition) is 2. The topological polar surface area (TPSA) is 37.9 Å². The fourth-order valence-corrected chi connectivity index (χ4v) is 2.17. The van der Waals surface area contributed by atoms with E-state index in [2.05, 4.69) is 6.07 Å². The Labute approximate surface area is 111 Å². The average molecular weight is 261 g/mol. The molecule has 0 N–H and O–H groups in total. The van der Waals surface area contributed by atoms with E-state index in [0.29, 0.717) is 10.6 Å². The Balaban J connectivity index is 2.60. The second-order valence-corrected chi connectivity index (χ2v) is 4.45. The van der Waals surface area contributed by atoms with Crippen LogP contribution in [0.4, 0.5) is 0 Å². The van der Waals surface area contributed by atoms with Gasteiger partial charge in [-0.1, -0.05) is 11.6 Å². The number of rotatable bonds is 2. The van der Waals surface area contributed by atoms with Gasteiger partial charge in [0.1, 0.15) is 11.8 Å². The monoisotopic (exact) mass is 260 g/mol. The molecule has 0 radical (unpaired) electrons. The van der Waals surface area contributed by atoms with Gasteiger partial charge in [0, 0.05) is 18.3 Å². The van der Waals surface area contributed by atoms with E-state index >= 15 is 0 Å². The Kier molecular flexibility index (Phi) is 3.31. The van der Waals surface area contributed by atoms with Crippen LogP contribution >= 0.6 is 11.6 Å². The Morgan fingerprint density at radius 1 is 1.33 bits per heavy atom. The van der Waals surface area contributed by atoms with Gasteiger partial charge in [0.15, 0.2) is 0 Å². The van der Waals surface area contributed by atoms with E-state index in [0.717, 1.165) is 22.7 Å². The van der Waals surface area contributed by atoms with Gasteiger partial charge in [-0.15, -0.1) is 0 Å². The van der Waals surface area contributed by atoms with Gasteiger partial charge in [-0.05, 0) is 31.2 Å². The molecule has 0 saturated carbocycles. The summed E-state index contributed by atoms with van der Waals surface area (Å²) in [7, 11) is 3.53. The molecule has 0 spiro atoms. The van der Waals surface area contributed by atoms with E-state index in [4.69, 9.17) is 21.6 Å². The van der Waals surface area contributed by atoms with Crippen LogP contribution < -0.4 is 4.74 Å². The number of aromatic nitrogens is 1. The number of nitriles is 1. The molecule has 0 atom stereocenters. The highest BCUT2D eigenvalue weighted by Gasteiger charge is 2.13. The normalized spacial score (nSPS) is 10.2. The molecular weight excluding hydrogens is 248 g/mol. The van der Waals surface area contributed by atoms with Crippen molar-refractivity contribution in [3.63, 3.8) is 0 Å². The van der Waals surface area contributed by atoms with Crippen LogP contribution in [0, 0.1) is 18.3 Å². The van der Waals surface area contributed by atoms with Crippen molar-refractivity contribution in [1.82, 2.24) is 4.57 Å². The largest absolute Gasteiger partial charge is 0.497 e. The first-order valence-corrected chi connectivity index (χ1v) is 5.86. The maximum atomic E-state index is 9.04. The summed E-state index contributed by atoms with van der Waals surface area (Å²) < 4.78 is 7.09. The number of halogens is 1. The summed E-state index contributed by atoms with van der Waals surface area (Å²) >= 11 is 6.24. The van der Waals surface area contributed by atoms with E-state index in [1.54, 1.807) is 13.2 Å². The fraction of sp³-hybridized carbons (Fsp3) is 0.214. The van der Waals surface area contributed by atoms with Crippen LogP contribution in [-0.2, 0) is 7.05 Å². The van der Waals surface area contributed by atoms with Crippen LogP contribution in [0.25, 0.3) is 11.3 Å². The van der Waals surface area contributed by atoms with Crippen molar-refractivity contribution in [3.05, 3.63) is 40.5 Å². The van der Waals surface area contributed by atoms with Crippen LogP contribution in [0.5, 0.6) is 5.75 Å². The molecule has 3 nitrogen and oxygen atoms in total. The van der Waals surface area contributed by atoms with Gasteiger partial charge in [-0.2, -0.15) is 5.26 Å². The van der Waals surface area contributed by atoms with E-state index in [1.165, 1.54) is 0 Å². The van der Waals surface area contributed by atoms with Gasteiger partial charge in [-0.25, -0.2) is 0 Å². The van der Waals surface area contributed by atoms with Gasteiger partial charge < -0.3 is 9.30 Å². The molecule has 18 heavy (non-hydrogen) atoms. The van der Waals surface area contributed by atoms with E-state index < -0.39 is 0 Å². The lowest BCUT2D eigenvalue weighted by Gasteiger charge is -2.08. The number of ether oxygens (including phenoxy) is 1. The number of methoxy groups -OCH3 is 1. The number of nitrogens with zero attached hydrogens (tertiary/aromatic N) is 2. The van der Waals surface area contributed by atoms with Gasteiger partial charge in [-0.3, -0.25) is 0 Å². The second kappa shape index (κ2) is 4.75. The molecule has 0 bridgehead atoms. The summed E-state index contributed by atoms with van der Waals surface area (Å²) in [6.07, 6.45) is 0. The summed E-state index contributed by atoms with van der Waals surface area (Å²) in [5, 5.41) is 9.65. The molecule has 2 aromatic rings. The van der Waals surface area contributed by atoms with Crippen molar-refractivity contribution >= 4 is 11.6 Å². The van der Waals surface area contributed by atoms with Gasteiger partial charge >= 0.3 is 0 Å². The summed E-state index contributed by atoms with van der Waals surface area (Å²) in [5.41, 5.74) is 3.42. The SMILES string of the molecule is COc1ccc(-c2cc(C#N)c(C)n2C)c(Cl)c1. The predicted octanol–water partition coefficient (Wildman–Crippen LogP) is 3.53. The van der Waals surface area contributed by atoms with Crippen LogP contribution in [0.1, 0.15) is 11.3 Å². The summed E-state index contributed by atoms with van der Waals surface area (Å²) in [5.74, 6) is 0.718. The van der Waals surface area contributed by atoms with Crippen molar-refractivity contribution in [1.29, 1.82) is 5.26 Å². The lowest BCUT2D eigenvalue weighted by atomic mass is 10.1. The quantitative estimate of drug-likeness (QED) is 0.828. The predicted molar refractivity (Wildman–Crippen MR) is 71.9 cm³/mol. The molecule has 92 valence electrons. The Bertz CT molecular complexity index is 638. The maximum Gasteiger partial charge on any atom is 0.120 e. The molecule has 0 aliphatic rings. The molecule has 2 rings (SSSR count). The van der Waals surface area contributed by atoms with Crippen LogP contribution in [0.2, 0.25) is 5.02 Å². The highest BCUT2D eigenvalue weighted by Crippen LogP contribution is 2.33. The molecule has 1 aromatic carbocycles. The molecule has 0 saturated heterocycles. The highest BCUT2D eigenvalue weighted by atomic mass is 35.5. The smallest absolute Gasteiger partial charge is 0.120 e. The maximum absolute atomic E-state index is 9.04. The highest BCUT2D eigenvalue weighted by molar-refractivity contribution is 6.33. The molecule has 0 amide bonds. The van der Waals surface area contributed by atoms with Crippen molar-refractivity contribution < 1.29 is 4.74 Å². The third kappa shape index (κ3) is 1.96. The lowest BCUT2D eigenvalue weighted by Crippen LogP contribution is -1.95. The zero-order chi connectivity index (χ0) is 13.3. The third-order valence-corrected chi connectivity index (χ3v) is 3.42. The molecule has 1 heterocycles. The first-order chi connectivity index (χ1) is 8.58. The lowest BCUT2D eigenvalue weighted by molar-refractivity contribution is 0.415. The minimum absolute atomic E-state index is 0.611. The minimum atomic E-state index is 0.611. The zero-order valence-corrected chi connectivity index (χ0v) is 11.2. The van der Waals surface area contributed by atoms with Gasteiger partial charge in [0.05, 0.1) is 23.4 Å². The van der Waals surface area contributed by atoms with E-state index in [9.17, 15) is 0 Å². The second-order valence-electron chi connectivity index (χ2n) is 4.05. The van der Waals surface area contributed by atoms with Crippen molar-refractivity contribution in [2.45, 2.75) is 6.92 Å². The molecule has 0 fully saturated rings. The molecule has 1 aromatic heterocycles. The van der Waals surface area contributed by atoms with E-state index in [1.807, 2.05) is 36.7 Å². The standard InChI is InChI=1S/C14H13ClN2O/c1-9-10(8-16)6-14(17(9)2)12-5-4-11(18-3)7-13(12)15/h4-7H,1-3H3. The Hall–Kier alpha value is -1.92. The third-order valence-electron chi connectivity index (χ3n) is 3.11. The summed E-state index contributed by atoms with van der Waals surface area (Å²) in [6, 6.07) is 9.56. The van der Waals surface area contributed by atoms with Crippen molar-refractivity contribution in [3.8, 4) is 23.1 Å². The van der Waals surface area contributed by atoms with Gasteiger partial charge in [0.2, 0.25) is 0 Å². The van der Waals surface area contributed by atoms with Crippen LogP contribution in [0.15, 0.2) is 24.3 Å². The van der Waals surface area contributed by atoms with Crippen LogP contribution in [-0.4, -0.2) is 11.7 Å². The zero-order valence-electron chi connectivity index (χ0n) is 10.5. The molecule has 4 heteroatoms. The minimum Gasteiger partial charge on any atom is -0.497 e. The molecular formula is C14H13ClN2O. The number of hydrogen-bond donors (Lipinski definition) is 0. The Morgan fingerprint density at radius 2 is 2.06 bits per heavy atom. The molecule has 0 unspecified atom stereocenters. The first kappa shape index (κ1) is 12.5. The van der Waals surface area contributed by atoms with E-state index in [-0.39, 0.29) is 0 Å². The molecule has 0 aliphatic heterocycles. The number of benzene rings is 1. The average Bonchev–Trinajstić information content (AvgIpc) is 2.66. The summed E-state index contributed by atoms with van der Waals surface area (Å²) in [4.78, 5) is 0. The summed E-state index contributed by atoms with van der Waals surface area (Å²) in [6.45, 7) is 1.92. The Morgan fingerprint density at radius 3 is 2.56 bits per heavy atom. The van der Waals surface area contributed by atoms with Crippen molar-refractivity contribution in [2.24, 2.45) is 7.05 Å². The first-order valence-electron chi connectivity index (χ1n) is 5.48. The van der Waals surface area contributed by atoms with Gasteiger partial charge in [0.25, 0.3) is 0 Å².